The first-order valence-corrected chi connectivity index (χ1v) is 6.89. The van der Waals surface area contributed by atoms with Gasteiger partial charge < -0.3 is 14.8 Å². The molecule has 0 saturated heterocycles. The molecule has 0 fully saturated rings. The zero-order valence-corrected chi connectivity index (χ0v) is 13.1. The van der Waals surface area contributed by atoms with E-state index in [4.69, 9.17) is 9.47 Å². The summed E-state index contributed by atoms with van der Waals surface area (Å²) in [5.41, 5.74) is 1.09. The van der Waals surface area contributed by atoms with Gasteiger partial charge in [-0.15, -0.1) is 0 Å². The largest absolute Gasteiger partial charge is 0.492 e. The first-order valence-electron chi connectivity index (χ1n) is 6.09. The van der Waals surface area contributed by atoms with Crippen molar-refractivity contribution in [3.63, 3.8) is 0 Å². The van der Waals surface area contributed by atoms with Crippen LogP contribution in [0, 0.1) is 0 Å². The Balaban J connectivity index is 2.53. The molecule has 1 aromatic rings. The van der Waals surface area contributed by atoms with Crippen molar-refractivity contribution in [1.82, 2.24) is 5.32 Å². The highest BCUT2D eigenvalue weighted by Gasteiger charge is 2.16. The normalized spacial score (nSPS) is 11.6. The predicted molar refractivity (Wildman–Crippen MR) is 78.1 cm³/mol. The number of benzene rings is 1. The van der Waals surface area contributed by atoms with Crippen LogP contribution in [0.25, 0.3) is 0 Å². The topological polar surface area (TPSA) is 30.5 Å². The first kappa shape index (κ1) is 15.5. The van der Waals surface area contributed by atoms with Gasteiger partial charge in [-0.3, -0.25) is 0 Å². The highest BCUT2D eigenvalue weighted by molar-refractivity contribution is 9.10. The minimum absolute atomic E-state index is 0.140. The second-order valence-electron chi connectivity index (χ2n) is 4.86. The molecule has 0 aliphatic carbocycles. The molecule has 3 nitrogen and oxygen atoms in total. The number of nitrogens with one attached hydrogen (secondary N) is 1. The van der Waals surface area contributed by atoms with Crippen LogP contribution in [0.4, 0.5) is 0 Å². The molecule has 0 atom stereocenters. The quantitative estimate of drug-likeness (QED) is 0.837. The van der Waals surface area contributed by atoms with Crippen LogP contribution in [-0.2, 0) is 11.3 Å². The molecule has 0 spiro atoms. The Bertz CT molecular complexity index is 380. The lowest BCUT2D eigenvalue weighted by Crippen LogP contribution is -2.25. The van der Waals surface area contributed by atoms with E-state index < -0.39 is 0 Å². The SMILES string of the molecule is CNCc1ccc(OCCC(C)(C)OC)c(Br)c1. The van der Waals surface area contributed by atoms with Gasteiger partial charge in [0.05, 0.1) is 16.7 Å². The Labute approximate surface area is 118 Å². The molecular weight excluding hydrogens is 294 g/mol. The van der Waals surface area contributed by atoms with E-state index in [1.165, 1.54) is 5.56 Å². The number of ether oxygens (including phenoxy) is 2. The summed E-state index contributed by atoms with van der Waals surface area (Å²) in [6.07, 6.45) is 0.855. The molecule has 0 aliphatic heterocycles. The molecule has 0 radical (unpaired) electrons. The molecule has 0 bridgehead atoms. The standard InChI is InChI=1S/C14H22BrNO2/c1-14(2,17-4)7-8-18-13-6-5-11(10-16-3)9-12(13)15/h5-6,9,16H,7-8,10H2,1-4H3. The Morgan fingerprint density at radius 3 is 2.61 bits per heavy atom. The molecule has 0 aliphatic rings. The maximum atomic E-state index is 5.76. The van der Waals surface area contributed by atoms with E-state index in [1.807, 2.05) is 13.1 Å². The molecule has 0 heterocycles. The van der Waals surface area contributed by atoms with Crippen molar-refractivity contribution in [3.05, 3.63) is 28.2 Å². The first-order chi connectivity index (χ1) is 8.48. The van der Waals surface area contributed by atoms with E-state index >= 15 is 0 Å². The van der Waals surface area contributed by atoms with Gasteiger partial charge >= 0.3 is 0 Å². The Hall–Kier alpha value is -0.580. The van der Waals surface area contributed by atoms with Crippen molar-refractivity contribution in [2.24, 2.45) is 0 Å². The van der Waals surface area contributed by atoms with Crippen LogP contribution in [-0.4, -0.2) is 26.4 Å². The van der Waals surface area contributed by atoms with Crippen LogP contribution < -0.4 is 10.1 Å². The third kappa shape index (κ3) is 4.96. The zero-order chi connectivity index (χ0) is 13.6. The van der Waals surface area contributed by atoms with Gasteiger partial charge in [-0.1, -0.05) is 6.07 Å². The summed E-state index contributed by atoms with van der Waals surface area (Å²) in [5.74, 6) is 0.877. The average Bonchev–Trinajstić information content (AvgIpc) is 2.32. The van der Waals surface area contributed by atoms with Gasteiger partial charge in [0.15, 0.2) is 0 Å². The summed E-state index contributed by atoms with van der Waals surface area (Å²) >= 11 is 3.53. The van der Waals surface area contributed by atoms with E-state index in [-0.39, 0.29) is 5.60 Å². The second kappa shape index (κ2) is 7.12. The molecule has 4 heteroatoms. The summed E-state index contributed by atoms with van der Waals surface area (Å²) in [7, 11) is 3.66. The van der Waals surface area contributed by atoms with Gasteiger partial charge in [-0.05, 0) is 54.5 Å². The van der Waals surface area contributed by atoms with Gasteiger partial charge in [0.25, 0.3) is 0 Å². The molecule has 0 amide bonds. The van der Waals surface area contributed by atoms with Gasteiger partial charge in [0, 0.05) is 20.1 Å². The second-order valence-corrected chi connectivity index (χ2v) is 5.71. The van der Waals surface area contributed by atoms with Crippen LogP contribution in [0.3, 0.4) is 0 Å². The van der Waals surface area contributed by atoms with Gasteiger partial charge in [-0.2, -0.15) is 0 Å². The molecular formula is C14H22BrNO2. The highest BCUT2D eigenvalue weighted by atomic mass is 79.9. The summed E-state index contributed by atoms with van der Waals surface area (Å²) in [4.78, 5) is 0. The van der Waals surface area contributed by atoms with Crippen molar-refractivity contribution >= 4 is 15.9 Å². The van der Waals surface area contributed by atoms with Crippen molar-refractivity contribution in [2.45, 2.75) is 32.4 Å². The smallest absolute Gasteiger partial charge is 0.133 e. The maximum absolute atomic E-state index is 5.76. The van der Waals surface area contributed by atoms with Crippen molar-refractivity contribution in [2.75, 3.05) is 20.8 Å². The lowest BCUT2D eigenvalue weighted by molar-refractivity contribution is 0.00539. The van der Waals surface area contributed by atoms with E-state index in [0.717, 1.165) is 23.2 Å². The van der Waals surface area contributed by atoms with Crippen molar-refractivity contribution in [3.8, 4) is 5.75 Å². The fourth-order valence-electron chi connectivity index (χ4n) is 1.48. The number of methoxy groups -OCH3 is 1. The third-order valence-electron chi connectivity index (χ3n) is 2.89. The number of rotatable bonds is 7. The summed E-state index contributed by atoms with van der Waals surface area (Å²) in [6.45, 7) is 5.61. The van der Waals surface area contributed by atoms with Crippen LogP contribution in [0.1, 0.15) is 25.8 Å². The zero-order valence-electron chi connectivity index (χ0n) is 11.5. The van der Waals surface area contributed by atoms with Gasteiger partial charge in [0.2, 0.25) is 0 Å². The Kier molecular flexibility index (Phi) is 6.12. The minimum Gasteiger partial charge on any atom is -0.492 e. The van der Waals surface area contributed by atoms with E-state index in [1.54, 1.807) is 7.11 Å². The summed E-state index contributed by atoms with van der Waals surface area (Å²) in [6, 6.07) is 6.14. The Morgan fingerprint density at radius 1 is 1.33 bits per heavy atom. The van der Waals surface area contributed by atoms with Gasteiger partial charge in [-0.25, -0.2) is 0 Å². The number of halogens is 1. The van der Waals surface area contributed by atoms with E-state index in [0.29, 0.717) is 6.61 Å². The molecule has 102 valence electrons. The van der Waals surface area contributed by atoms with Crippen molar-refractivity contribution in [1.29, 1.82) is 0 Å². The third-order valence-corrected chi connectivity index (χ3v) is 3.51. The van der Waals surface area contributed by atoms with Gasteiger partial charge in [0.1, 0.15) is 5.75 Å². The lowest BCUT2D eigenvalue weighted by atomic mass is 10.1. The molecule has 1 N–H and O–H groups in total. The monoisotopic (exact) mass is 315 g/mol. The van der Waals surface area contributed by atoms with E-state index in [2.05, 4.69) is 47.2 Å². The average molecular weight is 316 g/mol. The predicted octanol–water partition coefficient (Wildman–Crippen LogP) is 3.36. The maximum Gasteiger partial charge on any atom is 0.133 e. The molecule has 18 heavy (non-hydrogen) atoms. The fourth-order valence-corrected chi connectivity index (χ4v) is 2.02. The molecule has 1 aromatic carbocycles. The van der Waals surface area contributed by atoms with Crippen LogP contribution in [0.15, 0.2) is 22.7 Å². The summed E-state index contributed by atoms with van der Waals surface area (Å²) in [5, 5.41) is 3.12. The molecule has 0 aromatic heterocycles. The molecule has 0 unspecified atom stereocenters. The van der Waals surface area contributed by atoms with E-state index in [9.17, 15) is 0 Å². The summed E-state index contributed by atoms with van der Waals surface area (Å²) < 4.78 is 12.1. The molecule has 1 rings (SSSR count). The minimum atomic E-state index is -0.140. The fraction of sp³-hybridized carbons (Fsp3) is 0.571. The Morgan fingerprint density at radius 2 is 2.06 bits per heavy atom. The number of hydrogen-bond acceptors (Lipinski definition) is 3. The highest BCUT2D eigenvalue weighted by Crippen LogP contribution is 2.26. The van der Waals surface area contributed by atoms with Crippen LogP contribution in [0.2, 0.25) is 0 Å². The van der Waals surface area contributed by atoms with Crippen LogP contribution >= 0.6 is 15.9 Å². The lowest BCUT2D eigenvalue weighted by Gasteiger charge is -2.22. The van der Waals surface area contributed by atoms with Crippen molar-refractivity contribution < 1.29 is 9.47 Å². The van der Waals surface area contributed by atoms with Crippen LogP contribution in [0.5, 0.6) is 5.75 Å². The number of hydrogen-bond donors (Lipinski definition) is 1. The molecule has 0 saturated carbocycles.